The van der Waals surface area contributed by atoms with Gasteiger partial charge in [0.05, 0.1) is 17.3 Å². The van der Waals surface area contributed by atoms with Crippen molar-refractivity contribution in [2.75, 3.05) is 31.5 Å². The molecule has 1 amide bonds. The Morgan fingerprint density at radius 2 is 2.00 bits per heavy atom. The first-order valence-corrected chi connectivity index (χ1v) is 8.74. The zero-order valence-corrected chi connectivity index (χ0v) is 16.2. The van der Waals surface area contributed by atoms with E-state index in [4.69, 9.17) is 23.2 Å². The Morgan fingerprint density at radius 1 is 1.23 bits per heavy atom. The van der Waals surface area contributed by atoms with Crippen LogP contribution < -0.4 is 10.6 Å². The fourth-order valence-electron chi connectivity index (χ4n) is 2.95. The third kappa shape index (κ3) is 5.09. The molecule has 0 aromatic heterocycles. The molecule has 1 unspecified atom stereocenters. The number of piperazine rings is 1. The van der Waals surface area contributed by atoms with Gasteiger partial charge >= 0.3 is 0 Å². The van der Waals surface area contributed by atoms with Crippen molar-refractivity contribution in [1.29, 1.82) is 0 Å². The van der Waals surface area contributed by atoms with Crippen LogP contribution in [-0.2, 0) is 4.79 Å². The molecule has 0 aliphatic carbocycles. The number of amides is 1. The lowest BCUT2D eigenvalue weighted by atomic mass is 10.0. The molecular weight excluding hydrogens is 400 g/mol. The third-order valence-corrected chi connectivity index (χ3v) is 4.83. The van der Waals surface area contributed by atoms with Crippen LogP contribution >= 0.6 is 35.6 Å². The van der Waals surface area contributed by atoms with E-state index in [2.05, 4.69) is 15.5 Å². The second-order valence-electron chi connectivity index (χ2n) is 5.88. The lowest BCUT2D eigenvalue weighted by Gasteiger charge is -2.36. The van der Waals surface area contributed by atoms with E-state index in [-0.39, 0.29) is 35.9 Å². The van der Waals surface area contributed by atoms with E-state index < -0.39 is 5.82 Å². The molecule has 0 bridgehead atoms. The molecule has 4 nitrogen and oxygen atoms in total. The minimum atomic E-state index is -0.441. The lowest BCUT2D eigenvalue weighted by Crippen LogP contribution is -2.48. The summed E-state index contributed by atoms with van der Waals surface area (Å²) in [7, 11) is 0. The van der Waals surface area contributed by atoms with Gasteiger partial charge in [-0.25, -0.2) is 4.39 Å². The summed E-state index contributed by atoms with van der Waals surface area (Å²) in [6.07, 6.45) is 0. The van der Waals surface area contributed by atoms with Gasteiger partial charge < -0.3 is 10.6 Å². The normalized spacial score (nSPS) is 17.4. The molecule has 0 radical (unpaired) electrons. The number of anilines is 1. The SMILES string of the molecule is Cl.O=C(CN1CCNCC1c1ccccc1Cl)Nc1ccc(F)cc1Cl. The van der Waals surface area contributed by atoms with Gasteiger partial charge in [-0.15, -0.1) is 12.4 Å². The molecule has 1 aliphatic heterocycles. The maximum absolute atomic E-state index is 13.1. The predicted octanol–water partition coefficient (Wildman–Crippen LogP) is 4.14. The Bertz CT molecular complexity index is 775. The molecule has 8 heteroatoms. The smallest absolute Gasteiger partial charge is 0.238 e. The zero-order chi connectivity index (χ0) is 17.8. The largest absolute Gasteiger partial charge is 0.324 e. The van der Waals surface area contributed by atoms with Crippen molar-refractivity contribution in [3.63, 3.8) is 0 Å². The number of benzene rings is 2. The Kier molecular flexibility index (Phi) is 7.68. The Balaban J connectivity index is 0.00000243. The average molecular weight is 419 g/mol. The number of nitrogens with zero attached hydrogens (tertiary/aromatic N) is 1. The molecule has 2 aromatic rings. The Morgan fingerprint density at radius 3 is 2.73 bits per heavy atom. The maximum atomic E-state index is 13.1. The van der Waals surface area contributed by atoms with Gasteiger partial charge in [0.25, 0.3) is 0 Å². The second-order valence-corrected chi connectivity index (χ2v) is 6.70. The van der Waals surface area contributed by atoms with Crippen molar-refractivity contribution in [3.8, 4) is 0 Å². The summed E-state index contributed by atoms with van der Waals surface area (Å²) in [6, 6.07) is 11.6. The summed E-state index contributed by atoms with van der Waals surface area (Å²) in [4.78, 5) is 14.5. The number of nitrogens with one attached hydrogen (secondary N) is 2. The van der Waals surface area contributed by atoms with Gasteiger partial charge in [-0.3, -0.25) is 9.69 Å². The molecular formula is C18H19Cl3FN3O. The first kappa shape index (κ1) is 20.9. The van der Waals surface area contributed by atoms with Crippen LogP contribution in [0.5, 0.6) is 0 Å². The van der Waals surface area contributed by atoms with Crippen LogP contribution in [0.3, 0.4) is 0 Å². The molecule has 1 aliphatic rings. The number of hydrogen-bond acceptors (Lipinski definition) is 3. The van der Waals surface area contributed by atoms with Gasteiger partial charge in [-0.05, 0) is 29.8 Å². The van der Waals surface area contributed by atoms with E-state index in [1.165, 1.54) is 18.2 Å². The molecule has 140 valence electrons. The van der Waals surface area contributed by atoms with E-state index in [1.54, 1.807) is 0 Å². The van der Waals surface area contributed by atoms with Crippen LogP contribution in [0.2, 0.25) is 10.0 Å². The monoisotopic (exact) mass is 417 g/mol. The summed E-state index contributed by atoms with van der Waals surface area (Å²) in [5, 5.41) is 6.93. The van der Waals surface area contributed by atoms with Crippen molar-refractivity contribution in [2.45, 2.75) is 6.04 Å². The number of halogens is 4. The average Bonchev–Trinajstić information content (AvgIpc) is 2.59. The minimum absolute atomic E-state index is 0. The lowest BCUT2D eigenvalue weighted by molar-refractivity contribution is -0.118. The van der Waals surface area contributed by atoms with Crippen molar-refractivity contribution >= 4 is 47.2 Å². The summed E-state index contributed by atoms with van der Waals surface area (Å²) in [5.41, 5.74) is 1.39. The maximum Gasteiger partial charge on any atom is 0.238 e. The Hall–Kier alpha value is -1.37. The number of carbonyl (C=O) groups excluding carboxylic acids is 1. The van der Waals surface area contributed by atoms with E-state index in [0.29, 0.717) is 17.3 Å². The predicted molar refractivity (Wildman–Crippen MR) is 106 cm³/mol. The quantitative estimate of drug-likeness (QED) is 0.784. The number of hydrogen-bond donors (Lipinski definition) is 2. The van der Waals surface area contributed by atoms with Gasteiger partial charge in [-0.1, -0.05) is 41.4 Å². The molecule has 3 rings (SSSR count). The summed E-state index contributed by atoms with van der Waals surface area (Å²) in [5.74, 6) is -0.642. The highest BCUT2D eigenvalue weighted by Gasteiger charge is 2.27. The highest BCUT2D eigenvalue weighted by molar-refractivity contribution is 6.33. The van der Waals surface area contributed by atoms with Gasteiger partial charge in [-0.2, -0.15) is 0 Å². The van der Waals surface area contributed by atoms with Gasteiger partial charge in [0, 0.05) is 30.7 Å². The summed E-state index contributed by atoms with van der Waals surface area (Å²) >= 11 is 12.3. The van der Waals surface area contributed by atoms with Crippen molar-refractivity contribution < 1.29 is 9.18 Å². The summed E-state index contributed by atoms with van der Waals surface area (Å²) in [6.45, 7) is 2.44. The first-order chi connectivity index (χ1) is 12.0. The van der Waals surface area contributed by atoms with Crippen LogP contribution in [0, 0.1) is 5.82 Å². The van der Waals surface area contributed by atoms with Crippen LogP contribution in [0.1, 0.15) is 11.6 Å². The van der Waals surface area contributed by atoms with Gasteiger partial charge in [0.15, 0.2) is 0 Å². The second kappa shape index (κ2) is 9.53. The highest BCUT2D eigenvalue weighted by Crippen LogP contribution is 2.28. The molecule has 2 aromatic carbocycles. The topological polar surface area (TPSA) is 44.4 Å². The standard InChI is InChI=1S/C18H18Cl2FN3O.ClH/c19-14-4-2-1-3-13(14)17-10-22-7-8-24(17)11-18(25)23-16-6-5-12(21)9-15(16)20;/h1-6,9,17,22H,7-8,10-11H2,(H,23,25);1H. The Labute approximate surface area is 168 Å². The van der Waals surface area contributed by atoms with Crippen molar-refractivity contribution in [2.24, 2.45) is 0 Å². The van der Waals surface area contributed by atoms with Crippen LogP contribution in [0.4, 0.5) is 10.1 Å². The van der Waals surface area contributed by atoms with Crippen LogP contribution in [0.25, 0.3) is 0 Å². The molecule has 1 heterocycles. The van der Waals surface area contributed by atoms with Crippen molar-refractivity contribution in [3.05, 3.63) is 63.9 Å². The van der Waals surface area contributed by atoms with E-state index in [0.717, 1.165) is 18.7 Å². The molecule has 1 atom stereocenters. The molecule has 1 saturated heterocycles. The first-order valence-electron chi connectivity index (χ1n) is 7.98. The molecule has 0 spiro atoms. The molecule has 2 N–H and O–H groups in total. The van der Waals surface area contributed by atoms with E-state index in [9.17, 15) is 9.18 Å². The van der Waals surface area contributed by atoms with Gasteiger partial charge in [0.2, 0.25) is 5.91 Å². The fraction of sp³-hybridized carbons (Fsp3) is 0.278. The van der Waals surface area contributed by atoms with E-state index in [1.807, 2.05) is 24.3 Å². The highest BCUT2D eigenvalue weighted by atomic mass is 35.5. The number of carbonyl (C=O) groups is 1. The number of rotatable bonds is 4. The fourth-order valence-corrected chi connectivity index (χ4v) is 3.43. The molecule has 1 fully saturated rings. The molecule has 0 saturated carbocycles. The third-order valence-electron chi connectivity index (χ3n) is 4.17. The van der Waals surface area contributed by atoms with Crippen LogP contribution in [-0.4, -0.2) is 37.0 Å². The zero-order valence-electron chi connectivity index (χ0n) is 13.8. The van der Waals surface area contributed by atoms with E-state index >= 15 is 0 Å². The molecule has 26 heavy (non-hydrogen) atoms. The van der Waals surface area contributed by atoms with Crippen LogP contribution in [0.15, 0.2) is 42.5 Å². The van der Waals surface area contributed by atoms with Gasteiger partial charge in [0.1, 0.15) is 5.82 Å². The van der Waals surface area contributed by atoms with Crippen molar-refractivity contribution in [1.82, 2.24) is 10.2 Å². The minimum Gasteiger partial charge on any atom is -0.324 e. The summed E-state index contributed by atoms with van der Waals surface area (Å²) < 4.78 is 13.1.